The van der Waals surface area contributed by atoms with Crippen molar-refractivity contribution < 1.29 is 19.5 Å². The van der Waals surface area contributed by atoms with Gasteiger partial charge in [-0.3, -0.25) is 0 Å². The van der Waals surface area contributed by atoms with E-state index in [1.54, 1.807) is 19.2 Å². The zero-order chi connectivity index (χ0) is 12.1. The van der Waals surface area contributed by atoms with E-state index in [2.05, 4.69) is 0 Å². The van der Waals surface area contributed by atoms with Crippen LogP contribution in [0.1, 0.15) is 12.5 Å². The molecule has 0 saturated heterocycles. The van der Waals surface area contributed by atoms with Crippen LogP contribution in [-0.4, -0.2) is 37.0 Å². The number of hydrogen-bond acceptors (Lipinski definition) is 4. The summed E-state index contributed by atoms with van der Waals surface area (Å²) in [7, 11) is 0.0706. The summed E-state index contributed by atoms with van der Waals surface area (Å²) in [6, 6.07) is 5.29. The average molecular weight is 224 g/mol. The predicted octanol–water partition coefficient (Wildman–Crippen LogP) is 0.0885. The number of hydrogen-bond donors (Lipinski definition) is 2. The van der Waals surface area contributed by atoms with Gasteiger partial charge < -0.3 is 19.5 Å². The number of aryl methyl sites for hydroxylation is 1. The van der Waals surface area contributed by atoms with E-state index in [0.717, 1.165) is 5.56 Å². The van der Waals surface area contributed by atoms with E-state index in [-0.39, 0.29) is 6.10 Å². The van der Waals surface area contributed by atoms with Gasteiger partial charge in [0.05, 0.1) is 6.61 Å². The van der Waals surface area contributed by atoms with Crippen LogP contribution in [0.5, 0.6) is 5.75 Å². The van der Waals surface area contributed by atoms with E-state index < -0.39 is 7.12 Å². The topological polar surface area (TPSA) is 58.9 Å². The molecule has 0 saturated carbocycles. The van der Waals surface area contributed by atoms with Crippen molar-refractivity contribution in [2.24, 2.45) is 0 Å². The summed E-state index contributed by atoms with van der Waals surface area (Å²) in [6.07, 6.45) is -0.134. The number of rotatable bonds is 5. The molecule has 0 aliphatic heterocycles. The summed E-state index contributed by atoms with van der Waals surface area (Å²) in [6.45, 7) is 4.19. The van der Waals surface area contributed by atoms with Crippen LogP contribution in [0, 0.1) is 6.92 Å². The highest BCUT2D eigenvalue weighted by molar-refractivity contribution is 6.59. The lowest BCUT2D eigenvalue weighted by molar-refractivity contribution is 0.0926. The summed E-state index contributed by atoms with van der Waals surface area (Å²) >= 11 is 0. The second-order valence-corrected chi connectivity index (χ2v) is 3.80. The SMILES string of the molecule is COCC(C)Oc1ccc(C)cc1B(O)O. The Bertz CT molecular complexity index is 341. The van der Waals surface area contributed by atoms with Gasteiger partial charge in [0.2, 0.25) is 0 Å². The minimum Gasteiger partial charge on any atom is -0.489 e. The average Bonchev–Trinajstić information content (AvgIpc) is 2.20. The van der Waals surface area contributed by atoms with Crippen molar-refractivity contribution in [3.05, 3.63) is 23.8 Å². The number of methoxy groups -OCH3 is 1. The molecule has 0 heterocycles. The fourth-order valence-electron chi connectivity index (χ4n) is 1.46. The zero-order valence-electron chi connectivity index (χ0n) is 9.80. The maximum Gasteiger partial charge on any atom is 0.492 e. The van der Waals surface area contributed by atoms with E-state index in [9.17, 15) is 10.0 Å². The highest BCUT2D eigenvalue weighted by Crippen LogP contribution is 2.12. The van der Waals surface area contributed by atoms with Crippen molar-refractivity contribution in [2.75, 3.05) is 13.7 Å². The maximum atomic E-state index is 9.22. The number of benzene rings is 1. The maximum absolute atomic E-state index is 9.22. The fraction of sp³-hybridized carbons (Fsp3) is 0.455. The van der Waals surface area contributed by atoms with Crippen molar-refractivity contribution in [2.45, 2.75) is 20.0 Å². The Hall–Kier alpha value is -1.04. The summed E-state index contributed by atoms with van der Waals surface area (Å²) < 4.78 is 10.5. The van der Waals surface area contributed by atoms with Gasteiger partial charge >= 0.3 is 7.12 Å². The first kappa shape index (κ1) is 13.0. The Morgan fingerprint density at radius 2 is 2.06 bits per heavy atom. The molecule has 16 heavy (non-hydrogen) atoms. The second kappa shape index (κ2) is 5.89. The third kappa shape index (κ3) is 3.52. The molecule has 1 aromatic rings. The van der Waals surface area contributed by atoms with Gasteiger partial charge in [-0.05, 0) is 19.9 Å². The van der Waals surface area contributed by atoms with Crippen molar-refractivity contribution >= 4 is 12.6 Å². The molecular weight excluding hydrogens is 207 g/mol. The molecule has 0 aliphatic rings. The van der Waals surface area contributed by atoms with Gasteiger partial charge in [-0.15, -0.1) is 0 Å². The van der Waals surface area contributed by atoms with Crippen LogP contribution < -0.4 is 10.2 Å². The van der Waals surface area contributed by atoms with E-state index in [1.807, 2.05) is 19.9 Å². The molecule has 1 rings (SSSR count). The minimum absolute atomic E-state index is 0.134. The Morgan fingerprint density at radius 3 is 2.62 bits per heavy atom. The molecule has 1 unspecified atom stereocenters. The Balaban J connectivity index is 2.86. The van der Waals surface area contributed by atoms with Gasteiger partial charge in [0.25, 0.3) is 0 Å². The van der Waals surface area contributed by atoms with E-state index in [0.29, 0.717) is 17.8 Å². The molecule has 0 spiro atoms. The summed E-state index contributed by atoms with van der Waals surface area (Å²) in [4.78, 5) is 0. The Labute approximate surface area is 96.0 Å². The molecule has 0 bridgehead atoms. The third-order valence-corrected chi connectivity index (χ3v) is 2.17. The molecule has 2 N–H and O–H groups in total. The first-order chi connectivity index (χ1) is 7.54. The molecule has 0 fully saturated rings. The predicted molar refractivity (Wildman–Crippen MR) is 63.0 cm³/mol. The van der Waals surface area contributed by atoms with E-state index in [1.165, 1.54) is 0 Å². The summed E-state index contributed by atoms with van der Waals surface area (Å²) in [5, 5.41) is 18.4. The van der Waals surface area contributed by atoms with Gasteiger partial charge in [0, 0.05) is 12.6 Å². The molecule has 4 nitrogen and oxygen atoms in total. The van der Waals surface area contributed by atoms with Crippen LogP contribution >= 0.6 is 0 Å². The smallest absolute Gasteiger partial charge is 0.489 e. The van der Waals surface area contributed by atoms with Gasteiger partial charge in [-0.1, -0.05) is 17.7 Å². The molecule has 88 valence electrons. The van der Waals surface area contributed by atoms with Gasteiger partial charge in [-0.2, -0.15) is 0 Å². The largest absolute Gasteiger partial charge is 0.492 e. The lowest BCUT2D eigenvalue weighted by Gasteiger charge is -2.17. The second-order valence-electron chi connectivity index (χ2n) is 3.80. The van der Waals surface area contributed by atoms with Crippen molar-refractivity contribution in [1.82, 2.24) is 0 Å². The summed E-state index contributed by atoms with van der Waals surface area (Å²) in [5.74, 6) is 0.477. The Morgan fingerprint density at radius 1 is 1.38 bits per heavy atom. The van der Waals surface area contributed by atoms with Crippen LogP contribution in [0.4, 0.5) is 0 Å². The lowest BCUT2D eigenvalue weighted by atomic mass is 9.79. The van der Waals surface area contributed by atoms with E-state index >= 15 is 0 Å². The standard InChI is InChI=1S/C11H17BO4/c1-8-4-5-11(10(6-8)12(13)14)16-9(2)7-15-3/h4-6,9,13-14H,7H2,1-3H3. The van der Waals surface area contributed by atoms with Crippen molar-refractivity contribution in [3.8, 4) is 5.75 Å². The lowest BCUT2D eigenvalue weighted by Crippen LogP contribution is -2.33. The van der Waals surface area contributed by atoms with E-state index in [4.69, 9.17) is 9.47 Å². The molecular formula is C11H17BO4. The zero-order valence-corrected chi connectivity index (χ0v) is 9.80. The van der Waals surface area contributed by atoms with Crippen LogP contribution in [0.25, 0.3) is 0 Å². The molecule has 5 heteroatoms. The monoisotopic (exact) mass is 224 g/mol. The van der Waals surface area contributed by atoms with Gasteiger partial charge in [-0.25, -0.2) is 0 Å². The minimum atomic E-state index is -1.52. The molecule has 0 amide bonds. The fourth-order valence-corrected chi connectivity index (χ4v) is 1.46. The van der Waals surface area contributed by atoms with Crippen LogP contribution in [0.15, 0.2) is 18.2 Å². The highest BCUT2D eigenvalue weighted by atomic mass is 16.5. The normalized spacial score (nSPS) is 12.3. The first-order valence-electron chi connectivity index (χ1n) is 5.17. The van der Waals surface area contributed by atoms with Crippen LogP contribution in [0.3, 0.4) is 0 Å². The number of ether oxygens (including phenoxy) is 2. The first-order valence-corrected chi connectivity index (χ1v) is 5.17. The van der Waals surface area contributed by atoms with Crippen molar-refractivity contribution in [1.29, 1.82) is 0 Å². The molecule has 1 atom stereocenters. The summed E-state index contributed by atoms with van der Waals surface area (Å²) in [5.41, 5.74) is 1.33. The van der Waals surface area contributed by atoms with Gasteiger partial charge in [0.1, 0.15) is 11.9 Å². The highest BCUT2D eigenvalue weighted by Gasteiger charge is 2.18. The molecule has 0 aliphatic carbocycles. The Kier molecular flexibility index (Phi) is 4.80. The van der Waals surface area contributed by atoms with Crippen LogP contribution in [0.2, 0.25) is 0 Å². The van der Waals surface area contributed by atoms with Crippen LogP contribution in [-0.2, 0) is 4.74 Å². The molecule has 1 aromatic carbocycles. The molecule has 0 radical (unpaired) electrons. The van der Waals surface area contributed by atoms with Gasteiger partial charge in [0.15, 0.2) is 0 Å². The molecule has 0 aromatic heterocycles. The third-order valence-electron chi connectivity index (χ3n) is 2.17. The van der Waals surface area contributed by atoms with Crippen molar-refractivity contribution in [3.63, 3.8) is 0 Å². The quantitative estimate of drug-likeness (QED) is 0.696.